The van der Waals surface area contributed by atoms with E-state index in [1.54, 1.807) is 7.11 Å². The molecule has 0 radical (unpaired) electrons. The maximum absolute atomic E-state index is 12.2. The molecular formula is C20H24N2O2. The first-order chi connectivity index (χ1) is 11.7. The van der Waals surface area contributed by atoms with E-state index in [9.17, 15) is 4.79 Å². The Morgan fingerprint density at radius 3 is 2.50 bits per heavy atom. The predicted molar refractivity (Wildman–Crippen MR) is 96.3 cm³/mol. The van der Waals surface area contributed by atoms with Crippen LogP contribution in [0.2, 0.25) is 0 Å². The number of hydrogen-bond donors (Lipinski definition) is 1. The van der Waals surface area contributed by atoms with Crippen molar-refractivity contribution in [3.63, 3.8) is 0 Å². The van der Waals surface area contributed by atoms with E-state index < -0.39 is 0 Å². The van der Waals surface area contributed by atoms with E-state index in [1.807, 2.05) is 36.4 Å². The van der Waals surface area contributed by atoms with Crippen molar-refractivity contribution in [1.29, 1.82) is 0 Å². The Morgan fingerprint density at radius 2 is 1.79 bits per heavy atom. The van der Waals surface area contributed by atoms with Crippen LogP contribution in [0.25, 0.3) is 0 Å². The van der Waals surface area contributed by atoms with Crippen molar-refractivity contribution in [3.8, 4) is 5.75 Å². The van der Waals surface area contributed by atoms with Gasteiger partial charge in [-0.1, -0.05) is 30.3 Å². The molecule has 0 aromatic heterocycles. The van der Waals surface area contributed by atoms with Crippen LogP contribution in [0.5, 0.6) is 5.75 Å². The Labute approximate surface area is 143 Å². The first kappa shape index (κ1) is 16.5. The molecule has 24 heavy (non-hydrogen) atoms. The van der Waals surface area contributed by atoms with Crippen LogP contribution >= 0.6 is 0 Å². The highest BCUT2D eigenvalue weighted by atomic mass is 16.5. The van der Waals surface area contributed by atoms with Gasteiger partial charge in [-0.15, -0.1) is 0 Å². The molecule has 1 N–H and O–H groups in total. The number of hydrogen-bond acceptors (Lipinski definition) is 3. The van der Waals surface area contributed by atoms with Crippen molar-refractivity contribution in [2.75, 3.05) is 25.5 Å². The van der Waals surface area contributed by atoms with Crippen molar-refractivity contribution in [2.45, 2.75) is 25.8 Å². The lowest BCUT2D eigenvalue weighted by molar-refractivity contribution is -0.115. The van der Waals surface area contributed by atoms with Crippen LogP contribution in [0.15, 0.2) is 48.5 Å². The highest BCUT2D eigenvalue weighted by molar-refractivity contribution is 5.92. The summed E-state index contributed by atoms with van der Waals surface area (Å²) in [5.41, 5.74) is 3.02. The molecular weight excluding hydrogens is 300 g/mol. The van der Waals surface area contributed by atoms with Crippen molar-refractivity contribution >= 4 is 11.6 Å². The number of methoxy groups -OCH3 is 1. The Morgan fingerprint density at radius 1 is 1.08 bits per heavy atom. The molecule has 0 aliphatic carbocycles. The number of rotatable bonds is 6. The molecule has 0 unspecified atom stereocenters. The maximum Gasteiger partial charge on any atom is 0.228 e. The average molecular weight is 324 g/mol. The fourth-order valence-corrected chi connectivity index (χ4v) is 3.12. The largest absolute Gasteiger partial charge is 0.496 e. The number of benzene rings is 2. The normalized spacial score (nSPS) is 14.5. The SMILES string of the molecule is COc1ccccc1CC(=O)Nc1ccc(CN2CCCC2)cc1. The summed E-state index contributed by atoms with van der Waals surface area (Å²) in [5.74, 6) is 0.709. The van der Waals surface area contributed by atoms with Gasteiger partial charge in [0.1, 0.15) is 5.75 Å². The number of nitrogens with zero attached hydrogens (tertiary/aromatic N) is 1. The van der Waals surface area contributed by atoms with Crippen molar-refractivity contribution in [3.05, 3.63) is 59.7 Å². The van der Waals surface area contributed by atoms with Gasteiger partial charge in [-0.3, -0.25) is 9.69 Å². The monoisotopic (exact) mass is 324 g/mol. The molecule has 0 spiro atoms. The first-order valence-corrected chi connectivity index (χ1v) is 8.47. The zero-order valence-corrected chi connectivity index (χ0v) is 14.1. The average Bonchev–Trinajstić information content (AvgIpc) is 3.10. The van der Waals surface area contributed by atoms with E-state index in [0.29, 0.717) is 6.42 Å². The maximum atomic E-state index is 12.2. The number of nitrogens with one attached hydrogen (secondary N) is 1. The number of para-hydroxylation sites is 1. The van der Waals surface area contributed by atoms with Crippen LogP contribution in [0, 0.1) is 0 Å². The predicted octanol–water partition coefficient (Wildman–Crippen LogP) is 3.47. The molecule has 1 aliphatic rings. The van der Waals surface area contributed by atoms with Crippen LogP contribution in [-0.4, -0.2) is 31.0 Å². The molecule has 1 saturated heterocycles. The number of anilines is 1. The summed E-state index contributed by atoms with van der Waals surface area (Å²) in [7, 11) is 1.62. The second-order valence-corrected chi connectivity index (χ2v) is 6.22. The molecule has 1 fully saturated rings. The van der Waals surface area contributed by atoms with Crippen LogP contribution in [0.1, 0.15) is 24.0 Å². The second kappa shape index (κ2) is 7.97. The first-order valence-electron chi connectivity index (χ1n) is 8.47. The molecule has 2 aromatic carbocycles. The lowest BCUT2D eigenvalue weighted by Gasteiger charge is -2.15. The Bertz CT molecular complexity index is 676. The van der Waals surface area contributed by atoms with E-state index in [2.05, 4.69) is 22.3 Å². The number of ether oxygens (including phenoxy) is 1. The molecule has 2 aromatic rings. The number of amides is 1. The van der Waals surface area contributed by atoms with Gasteiger partial charge >= 0.3 is 0 Å². The molecule has 0 atom stereocenters. The summed E-state index contributed by atoms with van der Waals surface area (Å²) in [6.45, 7) is 3.38. The van der Waals surface area contributed by atoms with Crippen LogP contribution in [0.4, 0.5) is 5.69 Å². The van der Waals surface area contributed by atoms with Crippen molar-refractivity contribution in [2.24, 2.45) is 0 Å². The van der Waals surface area contributed by atoms with E-state index in [4.69, 9.17) is 4.74 Å². The van der Waals surface area contributed by atoms with Gasteiger partial charge in [0.2, 0.25) is 5.91 Å². The number of carbonyl (C=O) groups excluding carboxylic acids is 1. The van der Waals surface area contributed by atoms with Crippen LogP contribution < -0.4 is 10.1 Å². The fraction of sp³-hybridized carbons (Fsp3) is 0.350. The minimum Gasteiger partial charge on any atom is -0.496 e. The zero-order valence-electron chi connectivity index (χ0n) is 14.1. The van der Waals surface area contributed by atoms with E-state index in [1.165, 1.54) is 31.5 Å². The lowest BCUT2D eigenvalue weighted by atomic mass is 10.1. The highest BCUT2D eigenvalue weighted by Crippen LogP contribution is 2.19. The van der Waals surface area contributed by atoms with E-state index in [-0.39, 0.29) is 5.91 Å². The van der Waals surface area contributed by atoms with Gasteiger partial charge in [-0.2, -0.15) is 0 Å². The summed E-state index contributed by atoms with van der Waals surface area (Å²) in [6.07, 6.45) is 2.91. The lowest BCUT2D eigenvalue weighted by Crippen LogP contribution is -2.18. The van der Waals surface area contributed by atoms with Crippen LogP contribution in [0.3, 0.4) is 0 Å². The third kappa shape index (κ3) is 4.36. The molecule has 1 amide bonds. The van der Waals surface area contributed by atoms with Gasteiger partial charge in [0.15, 0.2) is 0 Å². The number of carbonyl (C=O) groups is 1. The van der Waals surface area contributed by atoms with E-state index in [0.717, 1.165) is 23.5 Å². The summed E-state index contributed by atoms with van der Waals surface area (Å²) in [4.78, 5) is 14.7. The van der Waals surface area contributed by atoms with Gasteiger partial charge < -0.3 is 10.1 Å². The molecule has 4 nitrogen and oxygen atoms in total. The summed E-state index contributed by atoms with van der Waals surface area (Å²) >= 11 is 0. The molecule has 1 aliphatic heterocycles. The van der Waals surface area contributed by atoms with E-state index >= 15 is 0 Å². The Balaban J connectivity index is 1.56. The van der Waals surface area contributed by atoms with Gasteiger partial charge in [-0.05, 0) is 49.7 Å². The minimum atomic E-state index is -0.0354. The van der Waals surface area contributed by atoms with Crippen molar-refractivity contribution in [1.82, 2.24) is 4.90 Å². The van der Waals surface area contributed by atoms with Gasteiger partial charge in [0.25, 0.3) is 0 Å². The second-order valence-electron chi connectivity index (χ2n) is 6.22. The smallest absolute Gasteiger partial charge is 0.228 e. The molecule has 0 saturated carbocycles. The topological polar surface area (TPSA) is 41.6 Å². The molecule has 3 rings (SSSR count). The van der Waals surface area contributed by atoms with Gasteiger partial charge in [-0.25, -0.2) is 0 Å². The zero-order chi connectivity index (χ0) is 16.8. The summed E-state index contributed by atoms with van der Waals surface area (Å²) in [5, 5.41) is 2.95. The highest BCUT2D eigenvalue weighted by Gasteiger charge is 2.12. The van der Waals surface area contributed by atoms with Gasteiger partial charge in [0, 0.05) is 17.8 Å². The Hall–Kier alpha value is -2.33. The molecule has 126 valence electrons. The third-order valence-electron chi connectivity index (χ3n) is 4.39. The fourth-order valence-electron chi connectivity index (χ4n) is 3.12. The molecule has 4 heteroatoms. The Kier molecular flexibility index (Phi) is 5.49. The molecule has 1 heterocycles. The summed E-state index contributed by atoms with van der Waals surface area (Å²) < 4.78 is 5.29. The van der Waals surface area contributed by atoms with Crippen molar-refractivity contribution < 1.29 is 9.53 Å². The molecule has 0 bridgehead atoms. The number of likely N-dealkylation sites (tertiary alicyclic amines) is 1. The third-order valence-corrected chi connectivity index (χ3v) is 4.39. The van der Waals surface area contributed by atoms with Gasteiger partial charge in [0.05, 0.1) is 13.5 Å². The van der Waals surface area contributed by atoms with Crippen LogP contribution in [-0.2, 0) is 17.8 Å². The summed E-state index contributed by atoms with van der Waals surface area (Å²) in [6, 6.07) is 15.7. The standard InChI is InChI=1S/C20H24N2O2/c1-24-19-7-3-2-6-17(19)14-20(23)21-18-10-8-16(9-11-18)15-22-12-4-5-13-22/h2-3,6-11H,4-5,12-15H2,1H3,(H,21,23). The quantitative estimate of drug-likeness (QED) is 0.884. The minimum absolute atomic E-state index is 0.0354.